The van der Waals surface area contributed by atoms with Crippen LogP contribution >= 0.6 is 0 Å². The summed E-state index contributed by atoms with van der Waals surface area (Å²) >= 11 is 0. The first kappa shape index (κ1) is 14.6. The summed E-state index contributed by atoms with van der Waals surface area (Å²) in [5.74, 6) is 0.0223. The van der Waals surface area contributed by atoms with Gasteiger partial charge in [0.25, 0.3) is 0 Å². The number of ether oxygens (including phenoxy) is 1. The van der Waals surface area contributed by atoms with Crippen molar-refractivity contribution >= 4 is 17.6 Å². The van der Waals surface area contributed by atoms with E-state index < -0.39 is 5.97 Å². The molecule has 1 aromatic rings. The molecule has 8 heteroatoms. The van der Waals surface area contributed by atoms with Crippen molar-refractivity contribution in [2.45, 2.75) is 25.4 Å². The molecule has 1 saturated heterocycles. The predicted molar refractivity (Wildman–Crippen MR) is 72.5 cm³/mol. The number of methoxy groups -OCH3 is 1. The minimum Gasteiger partial charge on any atom is -0.465 e. The molecule has 0 spiro atoms. The summed E-state index contributed by atoms with van der Waals surface area (Å²) in [5, 5.41) is 22.7. The monoisotopic (exact) mass is 284 g/mol. The summed E-state index contributed by atoms with van der Waals surface area (Å²) in [7, 11) is 1.28. The van der Waals surface area contributed by atoms with E-state index in [-0.39, 0.29) is 37.2 Å². The van der Waals surface area contributed by atoms with E-state index in [0.29, 0.717) is 12.4 Å². The van der Waals surface area contributed by atoms with Crippen molar-refractivity contribution < 1.29 is 19.7 Å². The summed E-state index contributed by atoms with van der Waals surface area (Å²) in [4.78, 5) is 13.8. The van der Waals surface area contributed by atoms with Crippen LogP contribution in [0.3, 0.4) is 0 Å². The summed E-state index contributed by atoms with van der Waals surface area (Å²) in [5.41, 5.74) is 6.12. The molecule has 1 fully saturated rings. The fourth-order valence-corrected chi connectivity index (χ4v) is 2.53. The lowest BCUT2D eigenvalue weighted by atomic mass is 10.2. The van der Waals surface area contributed by atoms with Gasteiger partial charge < -0.3 is 25.6 Å². The van der Waals surface area contributed by atoms with E-state index in [1.54, 1.807) is 0 Å². The van der Waals surface area contributed by atoms with Crippen LogP contribution in [-0.2, 0) is 11.3 Å². The Hall–Kier alpha value is -1.80. The minimum atomic E-state index is -0.565. The molecular weight excluding hydrogens is 264 g/mol. The van der Waals surface area contributed by atoms with Gasteiger partial charge in [-0.05, 0) is 12.8 Å². The third-order valence-corrected chi connectivity index (χ3v) is 3.53. The van der Waals surface area contributed by atoms with E-state index in [4.69, 9.17) is 15.6 Å². The van der Waals surface area contributed by atoms with Gasteiger partial charge in [0.1, 0.15) is 11.4 Å². The number of esters is 1. The Labute approximate surface area is 116 Å². The summed E-state index contributed by atoms with van der Waals surface area (Å²) in [6.07, 6.45) is 1.75. The Morgan fingerprint density at radius 1 is 1.55 bits per heavy atom. The number of nitrogens with zero attached hydrogens (tertiary/aromatic N) is 3. The highest BCUT2D eigenvalue weighted by Gasteiger charge is 2.32. The first-order chi connectivity index (χ1) is 9.63. The zero-order chi connectivity index (χ0) is 14.7. The van der Waals surface area contributed by atoms with Gasteiger partial charge in [-0.2, -0.15) is 5.10 Å². The van der Waals surface area contributed by atoms with Gasteiger partial charge in [-0.15, -0.1) is 0 Å². The molecule has 0 saturated carbocycles. The highest BCUT2D eigenvalue weighted by Crippen LogP contribution is 2.31. The zero-order valence-electron chi connectivity index (χ0n) is 11.4. The van der Waals surface area contributed by atoms with Gasteiger partial charge in [-0.1, -0.05) is 0 Å². The highest BCUT2D eigenvalue weighted by atomic mass is 16.5. The topological polar surface area (TPSA) is 114 Å². The van der Waals surface area contributed by atoms with Crippen LogP contribution in [-0.4, -0.2) is 58.9 Å². The van der Waals surface area contributed by atoms with Crippen molar-refractivity contribution in [3.8, 4) is 0 Å². The fourth-order valence-electron chi connectivity index (χ4n) is 2.53. The van der Waals surface area contributed by atoms with Crippen LogP contribution in [0.5, 0.6) is 0 Å². The molecule has 2 heterocycles. The van der Waals surface area contributed by atoms with Gasteiger partial charge in [0.2, 0.25) is 0 Å². The van der Waals surface area contributed by atoms with Crippen LogP contribution in [0.2, 0.25) is 0 Å². The molecule has 4 N–H and O–H groups in total. The number of aromatic nitrogens is 2. The van der Waals surface area contributed by atoms with Crippen molar-refractivity contribution in [2.24, 2.45) is 0 Å². The van der Waals surface area contributed by atoms with Gasteiger partial charge in [-0.25, -0.2) is 9.48 Å². The van der Waals surface area contributed by atoms with Crippen molar-refractivity contribution in [2.75, 3.05) is 37.5 Å². The van der Waals surface area contributed by atoms with Gasteiger partial charge in [0.05, 0.1) is 32.9 Å². The molecule has 0 radical (unpaired) electrons. The maximum atomic E-state index is 11.9. The van der Waals surface area contributed by atoms with Gasteiger partial charge in [0.15, 0.2) is 5.82 Å². The van der Waals surface area contributed by atoms with Crippen molar-refractivity contribution in [3.05, 3.63) is 5.56 Å². The number of aliphatic hydroxyl groups is 2. The predicted octanol–water partition coefficient (Wildman–Crippen LogP) is -0.795. The van der Waals surface area contributed by atoms with E-state index >= 15 is 0 Å². The molecule has 8 nitrogen and oxygen atoms in total. The molecule has 112 valence electrons. The Morgan fingerprint density at radius 3 is 2.90 bits per heavy atom. The van der Waals surface area contributed by atoms with E-state index in [0.717, 1.165) is 12.8 Å². The molecule has 20 heavy (non-hydrogen) atoms. The number of hydrogen-bond acceptors (Lipinski definition) is 7. The number of carbonyl (C=O) groups is 1. The molecule has 1 aromatic heterocycles. The van der Waals surface area contributed by atoms with Crippen LogP contribution in [0.15, 0.2) is 0 Å². The quantitative estimate of drug-likeness (QED) is 0.607. The Morgan fingerprint density at radius 2 is 2.30 bits per heavy atom. The van der Waals surface area contributed by atoms with Crippen LogP contribution < -0.4 is 10.6 Å². The van der Waals surface area contributed by atoms with Gasteiger partial charge >= 0.3 is 5.97 Å². The molecule has 0 bridgehead atoms. The Balaban J connectivity index is 2.44. The van der Waals surface area contributed by atoms with Crippen molar-refractivity contribution in [1.82, 2.24) is 9.78 Å². The van der Waals surface area contributed by atoms with Gasteiger partial charge in [0, 0.05) is 6.54 Å². The number of aliphatic hydroxyl groups excluding tert-OH is 2. The Kier molecular flexibility index (Phi) is 4.46. The van der Waals surface area contributed by atoms with Crippen LogP contribution in [0.4, 0.5) is 11.6 Å². The summed E-state index contributed by atoms with van der Waals surface area (Å²) in [6.45, 7) is 0.765. The first-order valence-electron chi connectivity index (χ1n) is 6.57. The lowest BCUT2D eigenvalue weighted by molar-refractivity contribution is 0.0602. The lowest BCUT2D eigenvalue weighted by Gasteiger charge is -2.23. The molecule has 2 rings (SSSR count). The highest BCUT2D eigenvalue weighted by molar-refractivity contribution is 5.99. The maximum absolute atomic E-state index is 11.9. The molecular formula is C12H20N4O4. The largest absolute Gasteiger partial charge is 0.465 e. The van der Waals surface area contributed by atoms with Crippen molar-refractivity contribution in [1.29, 1.82) is 0 Å². The minimum absolute atomic E-state index is 0.00657. The van der Waals surface area contributed by atoms with Crippen LogP contribution in [0.25, 0.3) is 0 Å². The van der Waals surface area contributed by atoms with E-state index in [9.17, 15) is 9.90 Å². The first-order valence-corrected chi connectivity index (χ1v) is 6.57. The molecule has 1 aliphatic rings. The van der Waals surface area contributed by atoms with E-state index in [2.05, 4.69) is 5.10 Å². The number of nitrogen functional groups attached to an aromatic ring is 1. The number of nitrogens with two attached hydrogens (primary N) is 1. The second kappa shape index (κ2) is 6.10. The number of hydrogen-bond donors (Lipinski definition) is 3. The second-order valence-corrected chi connectivity index (χ2v) is 4.69. The third kappa shape index (κ3) is 2.44. The molecule has 0 aromatic carbocycles. The Bertz CT molecular complexity index is 488. The lowest BCUT2D eigenvalue weighted by Crippen LogP contribution is -2.33. The normalized spacial score (nSPS) is 18.6. The standard InChI is InChI=1S/C12H20N4O4/c1-20-12(19)9-10(13)16(5-6-17)14-11(9)15-4-2-3-8(15)7-18/h8,17-18H,2-7,13H2,1H3. The summed E-state index contributed by atoms with van der Waals surface area (Å²) in [6, 6.07) is -0.0738. The third-order valence-electron chi connectivity index (χ3n) is 3.53. The number of carbonyl (C=O) groups excluding carboxylic acids is 1. The smallest absolute Gasteiger partial charge is 0.345 e. The molecule has 1 aliphatic heterocycles. The zero-order valence-corrected chi connectivity index (χ0v) is 11.4. The van der Waals surface area contributed by atoms with Crippen LogP contribution in [0.1, 0.15) is 23.2 Å². The second-order valence-electron chi connectivity index (χ2n) is 4.69. The molecule has 0 amide bonds. The molecule has 1 unspecified atom stereocenters. The number of anilines is 2. The SMILES string of the molecule is COC(=O)c1c(N2CCCC2CO)nn(CCO)c1N. The number of rotatable bonds is 5. The van der Waals surface area contributed by atoms with E-state index in [1.165, 1.54) is 11.8 Å². The summed E-state index contributed by atoms with van der Waals surface area (Å²) < 4.78 is 6.14. The van der Waals surface area contributed by atoms with Crippen LogP contribution in [0, 0.1) is 0 Å². The van der Waals surface area contributed by atoms with E-state index in [1.807, 2.05) is 4.90 Å². The fraction of sp³-hybridized carbons (Fsp3) is 0.667. The molecule has 0 aliphatic carbocycles. The average Bonchev–Trinajstić information content (AvgIpc) is 3.03. The van der Waals surface area contributed by atoms with Gasteiger partial charge in [-0.3, -0.25) is 0 Å². The van der Waals surface area contributed by atoms with Crippen molar-refractivity contribution in [3.63, 3.8) is 0 Å². The average molecular weight is 284 g/mol. The molecule has 1 atom stereocenters. The maximum Gasteiger partial charge on any atom is 0.345 e.